The van der Waals surface area contributed by atoms with Gasteiger partial charge in [-0.15, -0.1) is 0 Å². The summed E-state index contributed by atoms with van der Waals surface area (Å²) in [6, 6.07) is 5.93. The van der Waals surface area contributed by atoms with E-state index in [1.807, 2.05) is 30.5 Å². The van der Waals surface area contributed by atoms with Crippen LogP contribution in [0.4, 0.5) is 22.0 Å². The van der Waals surface area contributed by atoms with Crippen molar-refractivity contribution in [1.82, 2.24) is 24.8 Å². The average molecular weight is 646 g/mol. The van der Waals surface area contributed by atoms with Gasteiger partial charge in [0.25, 0.3) is 0 Å². The Labute approximate surface area is 259 Å². The molecule has 2 aliphatic heterocycles. The summed E-state index contributed by atoms with van der Waals surface area (Å²) < 4.78 is 82.9. The molecule has 0 aliphatic carbocycles. The number of hydrogen-bond donors (Lipinski definition) is 1. The Morgan fingerprint density at radius 1 is 0.978 bits per heavy atom. The van der Waals surface area contributed by atoms with Gasteiger partial charge in [0.05, 0.1) is 23.1 Å². The molecule has 4 heterocycles. The van der Waals surface area contributed by atoms with Gasteiger partial charge in [-0.3, -0.25) is 5.32 Å². The van der Waals surface area contributed by atoms with Crippen molar-refractivity contribution in [2.24, 2.45) is 0 Å². The molecule has 4 aromatic rings. The van der Waals surface area contributed by atoms with E-state index < -0.39 is 44.8 Å². The van der Waals surface area contributed by atoms with Gasteiger partial charge < -0.3 is 13.7 Å². The minimum absolute atomic E-state index is 0.0124. The minimum Gasteiger partial charge on any atom is -0.434 e. The van der Waals surface area contributed by atoms with Crippen molar-refractivity contribution in [3.05, 3.63) is 71.6 Å². The quantitative estimate of drug-likeness (QED) is 0.167. The SMILES string of the molecule is CC(C)(O[Si](C)(C)C(C)(C)C)c1ncc(-c2ccc3nc4n(c3c2)[C@@H]2C[C@H]4N[C@H](C(F)(F)F)c3cccc(OC(F)F)c32)cn1. The number of alkyl halides is 5. The maximum Gasteiger partial charge on any atom is 0.407 e. The molecule has 2 bridgehead atoms. The molecule has 6 rings (SSSR count). The summed E-state index contributed by atoms with van der Waals surface area (Å²) in [5, 5.41) is 2.72. The molecule has 1 N–H and O–H groups in total. The monoisotopic (exact) mass is 645 g/mol. The van der Waals surface area contributed by atoms with E-state index in [0.29, 0.717) is 22.7 Å². The van der Waals surface area contributed by atoms with E-state index in [0.717, 1.165) is 11.1 Å². The number of imidazole rings is 1. The smallest absolute Gasteiger partial charge is 0.407 e. The molecule has 2 aromatic carbocycles. The van der Waals surface area contributed by atoms with Crippen LogP contribution in [-0.4, -0.2) is 40.6 Å². The van der Waals surface area contributed by atoms with Crippen LogP contribution in [0.1, 0.15) is 81.9 Å². The van der Waals surface area contributed by atoms with E-state index in [2.05, 4.69) is 49.1 Å². The summed E-state index contributed by atoms with van der Waals surface area (Å²) in [5.74, 6) is 0.692. The molecule has 0 unspecified atom stereocenters. The van der Waals surface area contributed by atoms with Crippen LogP contribution < -0.4 is 10.1 Å². The Morgan fingerprint density at radius 3 is 2.29 bits per heavy atom. The summed E-state index contributed by atoms with van der Waals surface area (Å²) in [6.07, 6.45) is -1.01. The van der Waals surface area contributed by atoms with Crippen molar-refractivity contribution in [2.45, 2.75) is 95.7 Å². The van der Waals surface area contributed by atoms with Crippen LogP contribution in [0.25, 0.3) is 22.2 Å². The van der Waals surface area contributed by atoms with Gasteiger partial charge in [-0.1, -0.05) is 39.0 Å². The van der Waals surface area contributed by atoms with E-state index in [4.69, 9.17) is 14.1 Å². The minimum atomic E-state index is -4.66. The number of nitrogens with one attached hydrogen (secondary N) is 1. The number of halogens is 5. The van der Waals surface area contributed by atoms with Gasteiger partial charge in [-0.25, -0.2) is 15.0 Å². The van der Waals surface area contributed by atoms with Gasteiger partial charge in [0.15, 0.2) is 14.1 Å². The highest BCUT2D eigenvalue weighted by molar-refractivity contribution is 6.74. The van der Waals surface area contributed by atoms with Crippen LogP contribution in [0.3, 0.4) is 0 Å². The van der Waals surface area contributed by atoms with E-state index in [1.54, 1.807) is 18.5 Å². The number of ether oxygens (including phenoxy) is 1. The van der Waals surface area contributed by atoms with Crippen molar-refractivity contribution in [3.63, 3.8) is 0 Å². The molecule has 0 amide bonds. The molecule has 45 heavy (non-hydrogen) atoms. The molecule has 3 atom stereocenters. The lowest BCUT2D eigenvalue weighted by Crippen LogP contribution is -2.46. The van der Waals surface area contributed by atoms with Crippen LogP contribution in [0.5, 0.6) is 5.75 Å². The van der Waals surface area contributed by atoms with Gasteiger partial charge in [-0.05, 0) is 67.7 Å². The van der Waals surface area contributed by atoms with Gasteiger partial charge in [0.1, 0.15) is 23.2 Å². The first-order valence-electron chi connectivity index (χ1n) is 14.8. The molecule has 0 radical (unpaired) electrons. The van der Waals surface area contributed by atoms with E-state index in [9.17, 15) is 22.0 Å². The Morgan fingerprint density at radius 2 is 1.67 bits per heavy atom. The highest BCUT2D eigenvalue weighted by Crippen LogP contribution is 2.52. The molecule has 0 saturated carbocycles. The second kappa shape index (κ2) is 10.6. The lowest BCUT2D eigenvalue weighted by Gasteiger charge is -2.42. The summed E-state index contributed by atoms with van der Waals surface area (Å²) >= 11 is 0. The standard InChI is InChI=1S/C32H36F5N5O2Si/c1-30(2,3)45(6,7)44-31(4,5)28-38-15-18(16-39-28)17-11-12-20-22(13-17)42-23-14-21(27(42)41-20)40-26(32(35,36)37)19-9-8-10-24(25(19)23)43-29(33)34/h8-13,15-16,21,23,26,29,40H,14H2,1-7H3/t21-,23-,26+/m1/s1. The number of hydrogen-bond acceptors (Lipinski definition) is 6. The number of rotatable bonds is 6. The summed E-state index contributed by atoms with van der Waals surface area (Å²) in [5.41, 5.74) is 1.98. The molecule has 2 aromatic heterocycles. The lowest BCUT2D eigenvalue weighted by molar-refractivity contribution is -0.159. The van der Waals surface area contributed by atoms with Crippen molar-refractivity contribution in [3.8, 4) is 16.9 Å². The highest BCUT2D eigenvalue weighted by atomic mass is 28.4. The second-order valence-electron chi connectivity index (χ2n) is 13.8. The Balaban J connectivity index is 1.40. The molecule has 7 nitrogen and oxygen atoms in total. The molecule has 0 fully saturated rings. The molecular formula is C32H36F5N5O2Si. The normalized spacial score (nSPS) is 20.3. The summed E-state index contributed by atoms with van der Waals surface area (Å²) in [4.78, 5) is 14.0. The van der Waals surface area contributed by atoms with E-state index in [1.165, 1.54) is 18.2 Å². The van der Waals surface area contributed by atoms with Gasteiger partial charge in [0, 0.05) is 23.5 Å². The van der Waals surface area contributed by atoms with Crippen molar-refractivity contribution < 1.29 is 31.1 Å². The van der Waals surface area contributed by atoms with Crippen LogP contribution in [0.15, 0.2) is 48.8 Å². The van der Waals surface area contributed by atoms with Gasteiger partial charge in [-0.2, -0.15) is 22.0 Å². The fraction of sp³-hybridized carbons (Fsp3) is 0.469. The third kappa shape index (κ3) is 5.52. The third-order valence-corrected chi connectivity index (χ3v) is 13.9. The maximum atomic E-state index is 14.3. The zero-order valence-electron chi connectivity index (χ0n) is 26.1. The Kier molecular flexibility index (Phi) is 7.41. The van der Waals surface area contributed by atoms with E-state index >= 15 is 0 Å². The third-order valence-electron chi connectivity index (χ3n) is 9.29. The lowest BCUT2D eigenvalue weighted by atomic mass is 9.94. The predicted octanol–water partition coefficient (Wildman–Crippen LogP) is 8.59. The van der Waals surface area contributed by atoms with Gasteiger partial charge in [0.2, 0.25) is 0 Å². The molecule has 13 heteroatoms. The van der Waals surface area contributed by atoms with Crippen LogP contribution in [0.2, 0.25) is 18.1 Å². The number of nitrogens with zero attached hydrogens (tertiary/aromatic N) is 4. The molecule has 0 spiro atoms. The Hall–Kier alpha value is -3.42. The summed E-state index contributed by atoms with van der Waals surface area (Å²) in [6.45, 7) is 11.6. The molecule has 2 aliphatic rings. The van der Waals surface area contributed by atoms with Crippen molar-refractivity contribution in [1.29, 1.82) is 0 Å². The average Bonchev–Trinajstić information content (AvgIpc) is 3.39. The first-order chi connectivity index (χ1) is 20.9. The fourth-order valence-corrected chi connectivity index (χ4v) is 7.92. The Bertz CT molecular complexity index is 1750. The summed E-state index contributed by atoms with van der Waals surface area (Å²) in [7, 11) is -2.11. The number of aromatic nitrogens is 4. The first-order valence-corrected chi connectivity index (χ1v) is 17.7. The first kappa shape index (κ1) is 31.6. The number of benzene rings is 2. The zero-order valence-corrected chi connectivity index (χ0v) is 27.1. The topological polar surface area (TPSA) is 74.1 Å². The fourth-order valence-electron chi connectivity index (χ4n) is 6.24. The maximum absolute atomic E-state index is 14.3. The number of fused-ring (bicyclic) bond motifs is 9. The van der Waals surface area contributed by atoms with E-state index in [-0.39, 0.29) is 28.3 Å². The largest absolute Gasteiger partial charge is 0.434 e. The zero-order chi connectivity index (χ0) is 32.7. The van der Waals surface area contributed by atoms with Crippen LogP contribution >= 0.6 is 0 Å². The molecule has 240 valence electrons. The van der Waals surface area contributed by atoms with Crippen molar-refractivity contribution in [2.75, 3.05) is 0 Å². The van der Waals surface area contributed by atoms with Crippen LogP contribution in [0, 0.1) is 0 Å². The van der Waals surface area contributed by atoms with Gasteiger partial charge >= 0.3 is 12.8 Å². The van der Waals surface area contributed by atoms with Crippen LogP contribution in [-0.2, 0) is 10.0 Å². The second-order valence-corrected chi connectivity index (χ2v) is 18.5. The molecular weight excluding hydrogens is 609 g/mol. The predicted molar refractivity (Wildman–Crippen MR) is 163 cm³/mol. The van der Waals surface area contributed by atoms with Crippen molar-refractivity contribution >= 4 is 19.4 Å². The highest BCUT2D eigenvalue weighted by Gasteiger charge is 2.50. The molecule has 0 saturated heterocycles.